The lowest BCUT2D eigenvalue weighted by atomic mass is 9.68. The van der Waals surface area contributed by atoms with Crippen LogP contribution in [0.15, 0.2) is 83.9 Å². The molecule has 10 heteroatoms. The molecule has 0 bridgehead atoms. The van der Waals surface area contributed by atoms with Gasteiger partial charge in [-0.25, -0.2) is 0 Å². The predicted molar refractivity (Wildman–Crippen MR) is 205 cm³/mol. The first-order valence-electron chi connectivity index (χ1n) is 17.7. The molecule has 2 amide bonds. The summed E-state index contributed by atoms with van der Waals surface area (Å²) < 4.78 is 11.6. The number of rotatable bonds is 13. The van der Waals surface area contributed by atoms with E-state index in [-0.39, 0.29) is 36.8 Å². The van der Waals surface area contributed by atoms with E-state index in [0.29, 0.717) is 47.0 Å². The number of allylic oxidation sites excluding steroid dienone is 1. The lowest BCUT2D eigenvalue weighted by Gasteiger charge is -2.37. The highest BCUT2D eigenvalue weighted by molar-refractivity contribution is 14.1. The van der Waals surface area contributed by atoms with E-state index in [1.807, 2.05) is 60.7 Å². The van der Waals surface area contributed by atoms with Gasteiger partial charge < -0.3 is 24.8 Å². The second-order valence-electron chi connectivity index (χ2n) is 13.8. The van der Waals surface area contributed by atoms with Crippen molar-refractivity contribution in [3.05, 3.63) is 104 Å². The molecule has 4 atom stereocenters. The van der Waals surface area contributed by atoms with Gasteiger partial charge in [0.15, 0.2) is 11.5 Å². The molecular formula is C41H47IN2O7. The zero-order valence-electron chi connectivity index (χ0n) is 29.2. The molecule has 0 radical (unpaired) electrons. The average Bonchev–Trinajstić information content (AvgIpc) is 3.40. The van der Waals surface area contributed by atoms with Crippen molar-refractivity contribution >= 4 is 46.1 Å². The molecule has 1 aliphatic carbocycles. The molecule has 0 aromatic heterocycles. The Bertz CT molecular complexity index is 1750. The Balaban J connectivity index is 1.21. The van der Waals surface area contributed by atoms with E-state index in [9.17, 15) is 24.9 Å². The number of imide groups is 1. The normalized spacial score (nSPS) is 22.4. The summed E-state index contributed by atoms with van der Waals surface area (Å²) in [5.74, 6) is -1.92. The largest absolute Gasteiger partial charge is 0.504 e. The van der Waals surface area contributed by atoms with Gasteiger partial charge in [-0.3, -0.25) is 19.4 Å². The number of aliphatic hydroxyl groups excluding tert-OH is 2. The van der Waals surface area contributed by atoms with Crippen LogP contribution in [0.25, 0.3) is 11.6 Å². The van der Waals surface area contributed by atoms with Crippen LogP contribution in [0.1, 0.15) is 48.8 Å². The zero-order valence-corrected chi connectivity index (χ0v) is 31.4. The lowest BCUT2D eigenvalue weighted by molar-refractivity contribution is -0.144. The van der Waals surface area contributed by atoms with Gasteiger partial charge >= 0.3 is 0 Å². The molecule has 9 nitrogen and oxygen atoms in total. The number of phenolic OH excluding ortho intramolecular Hbond substituents is 1. The number of ether oxygens (including phenoxy) is 2. The Morgan fingerprint density at radius 1 is 1.00 bits per heavy atom. The highest BCUT2D eigenvalue weighted by Gasteiger charge is 2.56. The van der Waals surface area contributed by atoms with Gasteiger partial charge in [-0.1, -0.05) is 66.7 Å². The van der Waals surface area contributed by atoms with Crippen LogP contribution in [0.2, 0.25) is 0 Å². The Kier molecular flexibility index (Phi) is 12.3. The molecule has 3 aromatic rings. The standard InChI is InChI=1S/C41H47IN2O7/c1-50-25-30-22-32-38(41(49)44(40(32)48)31-15-17-43(18-16-31)23-26-9-5-3-6-10-26)33(24-45)37(30)35(46)14-13-29(28-11-7-4-8-12-28)19-27-20-34(42)39(47)36(21-27)51-2/h3-12,19-21,31-33,35,38,45-47H,13-18,22-25H2,1-2H3/b29-19-/t32-,33+,35-,38-/m1/s1. The number of fused-ring (bicyclic) bond motifs is 1. The first-order chi connectivity index (χ1) is 24.7. The number of methoxy groups -OCH3 is 2. The fraction of sp³-hybridized carbons (Fsp3) is 0.415. The second-order valence-corrected chi connectivity index (χ2v) is 15.0. The topological polar surface area (TPSA) is 120 Å². The summed E-state index contributed by atoms with van der Waals surface area (Å²) in [7, 11) is 3.10. The van der Waals surface area contributed by atoms with Gasteiger partial charge in [0.25, 0.3) is 0 Å². The Hall–Kier alpha value is -3.55. The van der Waals surface area contributed by atoms with Crippen molar-refractivity contribution in [3.8, 4) is 11.5 Å². The fourth-order valence-corrected chi connectivity index (χ4v) is 8.89. The van der Waals surface area contributed by atoms with Gasteiger partial charge in [0.1, 0.15) is 0 Å². The van der Waals surface area contributed by atoms with Crippen molar-refractivity contribution < 1.29 is 34.4 Å². The van der Waals surface area contributed by atoms with E-state index >= 15 is 0 Å². The highest BCUT2D eigenvalue weighted by Crippen LogP contribution is 2.47. The van der Waals surface area contributed by atoms with Crippen LogP contribution in [0.4, 0.5) is 0 Å². The molecule has 51 heavy (non-hydrogen) atoms. The van der Waals surface area contributed by atoms with E-state index in [2.05, 4.69) is 39.6 Å². The maximum Gasteiger partial charge on any atom is 0.234 e. The summed E-state index contributed by atoms with van der Waals surface area (Å²) >= 11 is 2.08. The summed E-state index contributed by atoms with van der Waals surface area (Å²) in [5.41, 5.74) is 5.45. The number of likely N-dealkylation sites (tertiary alicyclic amines) is 2. The summed E-state index contributed by atoms with van der Waals surface area (Å²) in [5, 5.41) is 33.1. The molecule has 270 valence electrons. The van der Waals surface area contributed by atoms with E-state index in [0.717, 1.165) is 41.9 Å². The monoisotopic (exact) mass is 806 g/mol. The molecule has 3 aliphatic rings. The molecule has 2 saturated heterocycles. The van der Waals surface area contributed by atoms with Crippen LogP contribution in [0, 0.1) is 21.3 Å². The molecule has 0 spiro atoms. The minimum Gasteiger partial charge on any atom is -0.504 e. The van der Waals surface area contributed by atoms with Gasteiger partial charge in [0, 0.05) is 38.7 Å². The maximum absolute atomic E-state index is 14.2. The number of carbonyl (C=O) groups is 2. The van der Waals surface area contributed by atoms with Gasteiger partial charge in [0.05, 0.1) is 41.8 Å². The molecule has 2 fully saturated rings. The molecule has 2 heterocycles. The third-order valence-electron chi connectivity index (χ3n) is 10.7. The van der Waals surface area contributed by atoms with E-state index in [4.69, 9.17) is 9.47 Å². The number of benzene rings is 3. The number of amides is 2. The third-order valence-corrected chi connectivity index (χ3v) is 11.5. The summed E-state index contributed by atoms with van der Waals surface area (Å²) in [4.78, 5) is 32.1. The number of aliphatic hydroxyl groups is 2. The second kappa shape index (κ2) is 16.9. The van der Waals surface area contributed by atoms with E-state index < -0.39 is 23.9 Å². The van der Waals surface area contributed by atoms with Crippen LogP contribution in [-0.4, -0.2) is 89.6 Å². The number of halogens is 1. The molecule has 0 saturated carbocycles. The summed E-state index contributed by atoms with van der Waals surface area (Å²) in [6.45, 7) is 2.27. The van der Waals surface area contributed by atoms with Gasteiger partial charge in [-0.2, -0.15) is 0 Å². The van der Waals surface area contributed by atoms with Crippen molar-refractivity contribution in [3.63, 3.8) is 0 Å². The summed E-state index contributed by atoms with van der Waals surface area (Å²) in [6.07, 6.45) is 3.62. The number of nitrogens with zero attached hydrogens (tertiary/aromatic N) is 2. The predicted octanol–water partition coefficient (Wildman–Crippen LogP) is 5.91. The van der Waals surface area contributed by atoms with Crippen molar-refractivity contribution in [1.82, 2.24) is 9.80 Å². The Morgan fingerprint density at radius 2 is 1.69 bits per heavy atom. The zero-order chi connectivity index (χ0) is 36.1. The van der Waals surface area contributed by atoms with Crippen LogP contribution >= 0.6 is 22.6 Å². The third kappa shape index (κ3) is 8.10. The molecule has 3 aromatic carbocycles. The first-order valence-corrected chi connectivity index (χ1v) is 18.8. The number of piperidine rings is 1. The lowest BCUT2D eigenvalue weighted by Crippen LogP contribution is -2.47. The van der Waals surface area contributed by atoms with Crippen LogP contribution < -0.4 is 4.74 Å². The van der Waals surface area contributed by atoms with Crippen molar-refractivity contribution in [2.24, 2.45) is 17.8 Å². The Labute approximate surface area is 313 Å². The maximum atomic E-state index is 14.2. The van der Waals surface area contributed by atoms with Crippen LogP contribution in [0.5, 0.6) is 11.5 Å². The number of aromatic hydroxyl groups is 1. The van der Waals surface area contributed by atoms with Crippen molar-refractivity contribution in [1.29, 1.82) is 0 Å². The van der Waals surface area contributed by atoms with Crippen LogP contribution in [0.3, 0.4) is 0 Å². The smallest absolute Gasteiger partial charge is 0.234 e. The van der Waals surface area contributed by atoms with Gasteiger partial charge in [0.2, 0.25) is 11.8 Å². The van der Waals surface area contributed by atoms with Gasteiger partial charge in [-0.15, -0.1) is 0 Å². The minimum absolute atomic E-state index is 0.0854. The molecule has 6 rings (SSSR count). The van der Waals surface area contributed by atoms with Crippen molar-refractivity contribution in [2.45, 2.75) is 50.8 Å². The number of hydrogen-bond acceptors (Lipinski definition) is 8. The molecule has 0 unspecified atom stereocenters. The Morgan fingerprint density at radius 3 is 2.33 bits per heavy atom. The fourth-order valence-electron chi connectivity index (χ4n) is 8.26. The van der Waals surface area contributed by atoms with Crippen LogP contribution in [-0.2, 0) is 20.9 Å². The van der Waals surface area contributed by atoms with E-state index in [1.54, 1.807) is 13.2 Å². The number of hydrogen-bond donors (Lipinski definition) is 3. The number of carbonyl (C=O) groups excluding carboxylic acids is 2. The quantitative estimate of drug-likeness (QED) is 0.0846. The van der Waals surface area contributed by atoms with Gasteiger partial charge in [-0.05, 0) is 100 Å². The minimum atomic E-state index is -0.965. The van der Waals surface area contributed by atoms with E-state index in [1.165, 1.54) is 17.6 Å². The molecule has 2 aliphatic heterocycles. The summed E-state index contributed by atoms with van der Waals surface area (Å²) in [6, 6.07) is 23.7. The molecular weight excluding hydrogens is 759 g/mol. The highest BCUT2D eigenvalue weighted by atomic mass is 127. The SMILES string of the molecule is COCC1=C([C@H](O)CC/C(=C/c2cc(I)c(O)c(OC)c2)c2ccccc2)[C@H](CO)[C@@H]2C(=O)N(C3CCN(Cc4ccccc4)CC3)C(=O)[C@@H]2C1. The van der Waals surface area contributed by atoms with Crippen molar-refractivity contribution in [2.75, 3.05) is 40.5 Å². The number of phenols is 1. The first kappa shape index (κ1) is 37.2. The molecule has 3 N–H and O–H groups in total. The average molecular weight is 807 g/mol.